The van der Waals surface area contributed by atoms with Gasteiger partial charge in [-0.1, -0.05) is 18.1 Å². The zero-order valence-electron chi connectivity index (χ0n) is 9.41. The van der Waals surface area contributed by atoms with Crippen molar-refractivity contribution in [1.29, 1.82) is 0 Å². The maximum Gasteiger partial charge on any atom is 0.123 e. The largest absolute Gasteiger partial charge is 0.497 e. The third kappa shape index (κ3) is 2.29. The first-order chi connectivity index (χ1) is 8.24. The second kappa shape index (κ2) is 4.71. The van der Waals surface area contributed by atoms with Crippen LogP contribution in [0.4, 0.5) is 4.39 Å². The Balaban J connectivity index is 2.52. The Morgan fingerprint density at radius 3 is 2.41 bits per heavy atom. The summed E-state index contributed by atoms with van der Waals surface area (Å²) in [5, 5.41) is 0. The molecule has 0 fully saturated rings. The number of rotatable bonds is 2. The Morgan fingerprint density at radius 2 is 1.82 bits per heavy atom. The molecule has 1 nitrogen and oxygen atoms in total. The summed E-state index contributed by atoms with van der Waals surface area (Å²) in [7, 11) is 1.59. The highest BCUT2D eigenvalue weighted by atomic mass is 19.1. The fraction of sp³-hybridized carbons (Fsp3) is 0.0667. The molecule has 0 bridgehead atoms. The van der Waals surface area contributed by atoms with E-state index in [0.717, 1.165) is 16.7 Å². The van der Waals surface area contributed by atoms with E-state index in [1.807, 2.05) is 12.1 Å². The van der Waals surface area contributed by atoms with Crippen LogP contribution in [-0.2, 0) is 0 Å². The van der Waals surface area contributed by atoms with Gasteiger partial charge < -0.3 is 4.74 Å². The van der Waals surface area contributed by atoms with Gasteiger partial charge in [0, 0.05) is 5.56 Å². The number of hydrogen-bond acceptors (Lipinski definition) is 1. The number of methoxy groups -OCH3 is 1. The molecule has 0 heterocycles. The molecule has 0 saturated carbocycles. The molecule has 0 spiro atoms. The zero-order valence-corrected chi connectivity index (χ0v) is 9.41. The molecule has 2 heteroatoms. The molecule has 2 rings (SSSR count). The molecule has 0 saturated heterocycles. The molecular formula is C15H11FO. The first-order valence-corrected chi connectivity index (χ1v) is 5.15. The van der Waals surface area contributed by atoms with Gasteiger partial charge in [-0.2, -0.15) is 0 Å². The zero-order chi connectivity index (χ0) is 12.3. The summed E-state index contributed by atoms with van der Waals surface area (Å²) in [5.41, 5.74) is 2.52. The van der Waals surface area contributed by atoms with Gasteiger partial charge in [0.1, 0.15) is 11.6 Å². The molecule has 0 aliphatic rings. The van der Waals surface area contributed by atoms with Crippen LogP contribution in [0.5, 0.6) is 5.75 Å². The van der Waals surface area contributed by atoms with Crippen molar-refractivity contribution in [2.24, 2.45) is 0 Å². The lowest BCUT2D eigenvalue weighted by Gasteiger charge is -2.07. The molecule has 0 aromatic heterocycles. The van der Waals surface area contributed by atoms with Crippen molar-refractivity contribution in [2.45, 2.75) is 0 Å². The van der Waals surface area contributed by atoms with E-state index >= 15 is 0 Å². The summed E-state index contributed by atoms with van der Waals surface area (Å²) in [4.78, 5) is 0. The predicted molar refractivity (Wildman–Crippen MR) is 66.3 cm³/mol. The molecular weight excluding hydrogens is 215 g/mol. The maximum atomic E-state index is 12.8. The highest BCUT2D eigenvalue weighted by molar-refractivity contribution is 5.71. The minimum absolute atomic E-state index is 0.260. The smallest absolute Gasteiger partial charge is 0.123 e. The van der Waals surface area contributed by atoms with E-state index in [9.17, 15) is 4.39 Å². The Morgan fingerprint density at radius 1 is 1.12 bits per heavy atom. The van der Waals surface area contributed by atoms with Gasteiger partial charge in [0.25, 0.3) is 0 Å². The van der Waals surface area contributed by atoms with Crippen molar-refractivity contribution < 1.29 is 9.13 Å². The van der Waals surface area contributed by atoms with E-state index in [1.54, 1.807) is 25.3 Å². The standard InChI is InChI=1S/C15H11FO/c1-3-11-10-14(17-2)8-9-15(11)12-4-6-13(16)7-5-12/h1,4-10H,2H3. The van der Waals surface area contributed by atoms with Crippen LogP contribution in [-0.4, -0.2) is 7.11 Å². The van der Waals surface area contributed by atoms with Gasteiger partial charge in [-0.15, -0.1) is 6.42 Å². The molecule has 0 unspecified atom stereocenters. The molecule has 0 aliphatic carbocycles. The molecule has 0 aliphatic heterocycles. The fourth-order valence-electron chi connectivity index (χ4n) is 1.65. The number of terminal acetylenes is 1. The Hall–Kier alpha value is -2.27. The topological polar surface area (TPSA) is 9.23 Å². The maximum absolute atomic E-state index is 12.8. The first kappa shape index (κ1) is 11.2. The summed E-state index contributed by atoms with van der Waals surface area (Å²) in [5.74, 6) is 3.06. The van der Waals surface area contributed by atoms with E-state index < -0.39 is 0 Å². The van der Waals surface area contributed by atoms with Crippen molar-refractivity contribution in [3.8, 4) is 29.2 Å². The molecule has 0 N–H and O–H groups in total. The second-order valence-electron chi connectivity index (χ2n) is 3.56. The van der Waals surface area contributed by atoms with Crippen molar-refractivity contribution in [1.82, 2.24) is 0 Å². The van der Waals surface area contributed by atoms with Gasteiger partial charge in [0.15, 0.2) is 0 Å². The normalized spacial score (nSPS) is 9.71. The van der Waals surface area contributed by atoms with Crippen LogP contribution >= 0.6 is 0 Å². The lowest BCUT2D eigenvalue weighted by atomic mass is 10.00. The Bertz CT molecular complexity index is 564. The Labute approximate surface area is 99.9 Å². The van der Waals surface area contributed by atoms with Crippen LogP contribution in [0, 0.1) is 18.2 Å². The van der Waals surface area contributed by atoms with Crippen LogP contribution < -0.4 is 4.74 Å². The van der Waals surface area contributed by atoms with E-state index in [2.05, 4.69) is 5.92 Å². The monoisotopic (exact) mass is 226 g/mol. The summed E-state index contributed by atoms with van der Waals surface area (Å²) < 4.78 is 18.0. The minimum Gasteiger partial charge on any atom is -0.497 e. The number of halogens is 1. The first-order valence-electron chi connectivity index (χ1n) is 5.15. The van der Waals surface area contributed by atoms with Crippen molar-refractivity contribution in [3.05, 3.63) is 53.8 Å². The highest BCUT2D eigenvalue weighted by Gasteiger charge is 2.05. The Kier molecular flexibility index (Phi) is 3.11. The van der Waals surface area contributed by atoms with Crippen LogP contribution in [0.1, 0.15) is 5.56 Å². The van der Waals surface area contributed by atoms with Crippen molar-refractivity contribution in [3.63, 3.8) is 0 Å². The predicted octanol–water partition coefficient (Wildman–Crippen LogP) is 3.48. The average Bonchev–Trinajstić information content (AvgIpc) is 2.39. The molecule has 17 heavy (non-hydrogen) atoms. The van der Waals surface area contributed by atoms with Gasteiger partial charge in [-0.3, -0.25) is 0 Å². The lowest BCUT2D eigenvalue weighted by Crippen LogP contribution is -1.88. The van der Waals surface area contributed by atoms with Crippen LogP contribution in [0.25, 0.3) is 11.1 Å². The van der Waals surface area contributed by atoms with Crippen LogP contribution in [0.15, 0.2) is 42.5 Å². The molecule has 84 valence electrons. The average molecular weight is 226 g/mol. The summed E-state index contributed by atoms with van der Waals surface area (Å²) >= 11 is 0. The fourth-order valence-corrected chi connectivity index (χ4v) is 1.65. The third-order valence-corrected chi connectivity index (χ3v) is 2.54. The van der Waals surface area contributed by atoms with Crippen molar-refractivity contribution >= 4 is 0 Å². The highest BCUT2D eigenvalue weighted by Crippen LogP contribution is 2.26. The summed E-state index contributed by atoms with van der Waals surface area (Å²) in [6.07, 6.45) is 5.46. The molecule has 2 aromatic rings. The SMILES string of the molecule is C#Cc1cc(OC)ccc1-c1ccc(F)cc1. The quantitative estimate of drug-likeness (QED) is 0.712. The van der Waals surface area contributed by atoms with Crippen molar-refractivity contribution in [2.75, 3.05) is 7.11 Å². The minimum atomic E-state index is -0.260. The number of benzene rings is 2. The van der Waals surface area contributed by atoms with Gasteiger partial charge in [-0.05, 0) is 41.5 Å². The second-order valence-corrected chi connectivity index (χ2v) is 3.56. The van der Waals surface area contributed by atoms with Crippen LogP contribution in [0.3, 0.4) is 0 Å². The molecule has 0 amide bonds. The van der Waals surface area contributed by atoms with E-state index in [1.165, 1.54) is 12.1 Å². The summed E-state index contributed by atoms with van der Waals surface area (Å²) in [6.45, 7) is 0. The number of ether oxygens (including phenoxy) is 1. The molecule has 0 radical (unpaired) electrons. The van der Waals surface area contributed by atoms with E-state index in [4.69, 9.17) is 11.2 Å². The molecule has 2 aromatic carbocycles. The van der Waals surface area contributed by atoms with Gasteiger partial charge in [-0.25, -0.2) is 4.39 Å². The van der Waals surface area contributed by atoms with Gasteiger partial charge in [0.05, 0.1) is 7.11 Å². The lowest BCUT2D eigenvalue weighted by molar-refractivity contribution is 0.415. The van der Waals surface area contributed by atoms with Crippen LogP contribution in [0.2, 0.25) is 0 Å². The third-order valence-electron chi connectivity index (χ3n) is 2.54. The number of hydrogen-bond donors (Lipinski definition) is 0. The van der Waals surface area contributed by atoms with Gasteiger partial charge in [0.2, 0.25) is 0 Å². The molecule has 0 atom stereocenters. The summed E-state index contributed by atoms with van der Waals surface area (Å²) in [6, 6.07) is 11.7. The van der Waals surface area contributed by atoms with Gasteiger partial charge >= 0.3 is 0 Å². The van der Waals surface area contributed by atoms with E-state index in [0.29, 0.717) is 5.75 Å². The van der Waals surface area contributed by atoms with E-state index in [-0.39, 0.29) is 5.82 Å².